The second-order valence-electron chi connectivity index (χ2n) is 4.41. The molecule has 0 spiro atoms. The van der Waals surface area contributed by atoms with Gasteiger partial charge in [-0.1, -0.05) is 35.9 Å². The minimum Gasteiger partial charge on any atom is -0.355 e. The van der Waals surface area contributed by atoms with E-state index >= 15 is 0 Å². The monoisotopic (exact) mass is 293 g/mol. The van der Waals surface area contributed by atoms with Crippen molar-refractivity contribution < 1.29 is 0 Å². The van der Waals surface area contributed by atoms with Gasteiger partial charge in [0.15, 0.2) is 0 Å². The molecule has 0 aliphatic heterocycles. The highest BCUT2D eigenvalue weighted by atomic mass is 35.5. The molecule has 0 amide bonds. The summed E-state index contributed by atoms with van der Waals surface area (Å²) >= 11 is 6.11. The Morgan fingerprint density at radius 2 is 1.71 bits per heavy atom. The lowest BCUT2D eigenvalue weighted by Gasteiger charge is -2.13. The Morgan fingerprint density at radius 1 is 1.05 bits per heavy atom. The number of hydrogen-bond acceptors (Lipinski definition) is 3. The van der Waals surface area contributed by atoms with Crippen molar-refractivity contribution >= 4 is 29.1 Å². The Bertz CT molecular complexity index is 763. The van der Waals surface area contributed by atoms with Gasteiger partial charge in [-0.25, -0.2) is 0 Å². The second-order valence-corrected chi connectivity index (χ2v) is 4.81. The van der Waals surface area contributed by atoms with Crippen molar-refractivity contribution in [2.24, 2.45) is 0 Å². The highest BCUT2D eigenvalue weighted by Gasteiger charge is 2.05. The number of para-hydroxylation sites is 1. The van der Waals surface area contributed by atoms with E-state index < -0.39 is 0 Å². The van der Waals surface area contributed by atoms with Crippen molar-refractivity contribution in [2.75, 3.05) is 5.32 Å². The van der Waals surface area contributed by atoms with E-state index in [1.165, 1.54) is 0 Å². The maximum Gasteiger partial charge on any atom is 0.130 e. The first kappa shape index (κ1) is 14.7. The molecule has 0 aliphatic rings. The smallest absolute Gasteiger partial charge is 0.130 e. The van der Waals surface area contributed by atoms with Gasteiger partial charge >= 0.3 is 0 Å². The number of hydrogen-bond donors (Lipinski definition) is 1. The molecule has 0 saturated carbocycles. The zero-order valence-electron chi connectivity index (χ0n) is 11.4. The molecule has 2 rings (SSSR count). The average Bonchev–Trinajstić information content (AvgIpc) is 2.51. The predicted octanol–water partition coefficient (Wildman–Crippen LogP) is 4.82. The molecule has 0 fully saturated rings. The van der Waals surface area contributed by atoms with Crippen molar-refractivity contribution in [2.45, 2.75) is 6.92 Å². The van der Waals surface area contributed by atoms with Gasteiger partial charge in [0, 0.05) is 16.4 Å². The fourth-order valence-corrected chi connectivity index (χ4v) is 2.04. The molecule has 3 nitrogen and oxygen atoms in total. The molecule has 0 radical (unpaired) electrons. The molecule has 0 aromatic heterocycles. The van der Waals surface area contributed by atoms with Gasteiger partial charge in [-0.2, -0.15) is 10.5 Å². The van der Waals surface area contributed by atoms with Crippen LogP contribution in [-0.2, 0) is 0 Å². The summed E-state index contributed by atoms with van der Waals surface area (Å²) in [6.07, 6.45) is 1.56. The van der Waals surface area contributed by atoms with Crippen LogP contribution in [0.15, 0.2) is 48.0 Å². The maximum absolute atomic E-state index is 8.87. The van der Waals surface area contributed by atoms with Gasteiger partial charge in [0.1, 0.15) is 17.7 Å². The van der Waals surface area contributed by atoms with Gasteiger partial charge in [0.05, 0.1) is 0 Å². The van der Waals surface area contributed by atoms with E-state index in [-0.39, 0.29) is 5.57 Å². The lowest BCUT2D eigenvalue weighted by atomic mass is 10.1. The van der Waals surface area contributed by atoms with Gasteiger partial charge in [-0.15, -0.1) is 0 Å². The molecular formula is C17H12ClN3. The third-order valence-corrected chi connectivity index (χ3v) is 3.45. The number of allylic oxidation sites excluding steroid dienone is 1. The van der Waals surface area contributed by atoms with Crippen LogP contribution in [-0.4, -0.2) is 0 Å². The van der Waals surface area contributed by atoms with Crippen LogP contribution < -0.4 is 5.32 Å². The Hall–Kier alpha value is -2.75. The maximum atomic E-state index is 8.87. The fraction of sp³-hybridized carbons (Fsp3) is 0.0588. The minimum atomic E-state index is 0.0621. The summed E-state index contributed by atoms with van der Waals surface area (Å²) in [6.45, 7) is 1.93. The normalized spacial score (nSPS) is 9.33. The summed E-state index contributed by atoms with van der Waals surface area (Å²) in [5.41, 5.74) is 3.48. The summed E-state index contributed by atoms with van der Waals surface area (Å²) in [5, 5.41) is 21.7. The topological polar surface area (TPSA) is 59.6 Å². The summed E-state index contributed by atoms with van der Waals surface area (Å²) in [5.74, 6) is 0. The van der Waals surface area contributed by atoms with E-state index in [4.69, 9.17) is 22.1 Å². The molecule has 0 unspecified atom stereocenters. The van der Waals surface area contributed by atoms with Crippen molar-refractivity contribution in [1.29, 1.82) is 10.5 Å². The van der Waals surface area contributed by atoms with Crippen LogP contribution in [0.2, 0.25) is 5.02 Å². The van der Waals surface area contributed by atoms with Gasteiger partial charge in [0.25, 0.3) is 0 Å². The average molecular weight is 294 g/mol. The van der Waals surface area contributed by atoms with Gasteiger partial charge in [-0.05, 0) is 42.3 Å². The number of nitrogens with zero attached hydrogens (tertiary/aromatic N) is 2. The lowest BCUT2D eigenvalue weighted by molar-refractivity contribution is 1.42. The molecule has 0 bridgehead atoms. The molecule has 2 aromatic rings. The number of nitriles is 2. The van der Waals surface area contributed by atoms with Crippen LogP contribution in [0.4, 0.5) is 11.4 Å². The molecule has 0 heterocycles. The number of nitrogens with one attached hydrogen (secondary N) is 1. The van der Waals surface area contributed by atoms with Crippen LogP contribution in [0.3, 0.4) is 0 Å². The third-order valence-electron chi connectivity index (χ3n) is 3.04. The first-order valence-corrected chi connectivity index (χ1v) is 6.66. The zero-order valence-corrected chi connectivity index (χ0v) is 12.1. The van der Waals surface area contributed by atoms with Crippen LogP contribution in [0.25, 0.3) is 6.08 Å². The molecule has 21 heavy (non-hydrogen) atoms. The molecule has 0 aliphatic carbocycles. The van der Waals surface area contributed by atoms with E-state index in [0.29, 0.717) is 5.02 Å². The second kappa shape index (κ2) is 6.61. The van der Waals surface area contributed by atoms with E-state index in [2.05, 4.69) is 5.32 Å². The minimum absolute atomic E-state index is 0.0621. The third kappa shape index (κ3) is 3.42. The lowest BCUT2D eigenvalue weighted by Crippen LogP contribution is -1.95. The van der Waals surface area contributed by atoms with Crippen molar-refractivity contribution in [3.63, 3.8) is 0 Å². The number of benzene rings is 2. The molecule has 0 atom stereocenters. The number of anilines is 2. The van der Waals surface area contributed by atoms with Gasteiger partial charge < -0.3 is 5.32 Å². The SMILES string of the molecule is Cc1c(Cl)cccc1Nc1ccccc1C=C(C#N)C#N. The molecule has 102 valence electrons. The highest BCUT2D eigenvalue weighted by Crippen LogP contribution is 2.28. The molecule has 2 aromatic carbocycles. The first-order chi connectivity index (χ1) is 10.2. The van der Waals surface area contributed by atoms with E-state index in [0.717, 1.165) is 22.5 Å². The van der Waals surface area contributed by atoms with Crippen molar-refractivity contribution in [3.05, 3.63) is 64.2 Å². The number of halogens is 1. The van der Waals surface area contributed by atoms with Crippen LogP contribution >= 0.6 is 11.6 Å². The summed E-state index contributed by atoms with van der Waals surface area (Å²) in [7, 11) is 0. The van der Waals surface area contributed by atoms with Crippen LogP contribution in [0, 0.1) is 29.6 Å². The summed E-state index contributed by atoms with van der Waals surface area (Å²) < 4.78 is 0. The zero-order chi connectivity index (χ0) is 15.2. The largest absolute Gasteiger partial charge is 0.355 e. The summed E-state index contributed by atoms with van der Waals surface area (Å²) in [4.78, 5) is 0. The van der Waals surface area contributed by atoms with E-state index in [1.54, 1.807) is 6.08 Å². The Morgan fingerprint density at radius 3 is 2.43 bits per heavy atom. The predicted molar refractivity (Wildman–Crippen MR) is 85.1 cm³/mol. The van der Waals surface area contributed by atoms with Gasteiger partial charge in [-0.3, -0.25) is 0 Å². The Kier molecular flexibility index (Phi) is 4.61. The van der Waals surface area contributed by atoms with E-state index in [1.807, 2.05) is 61.5 Å². The van der Waals surface area contributed by atoms with Crippen LogP contribution in [0.5, 0.6) is 0 Å². The summed E-state index contributed by atoms with van der Waals surface area (Å²) in [6, 6.07) is 16.8. The molecule has 0 saturated heterocycles. The first-order valence-electron chi connectivity index (χ1n) is 6.28. The molecular weight excluding hydrogens is 282 g/mol. The molecule has 4 heteroatoms. The quantitative estimate of drug-likeness (QED) is 0.825. The fourth-order valence-electron chi connectivity index (χ4n) is 1.87. The highest BCUT2D eigenvalue weighted by molar-refractivity contribution is 6.31. The molecule has 1 N–H and O–H groups in total. The van der Waals surface area contributed by atoms with Crippen molar-refractivity contribution in [3.8, 4) is 12.1 Å². The Labute approximate surface area is 128 Å². The number of rotatable bonds is 3. The standard InChI is InChI=1S/C17H12ClN3/c1-12-15(18)6-4-8-16(12)21-17-7-3-2-5-14(17)9-13(10-19)11-20/h2-9,21H,1H3. The van der Waals surface area contributed by atoms with Crippen molar-refractivity contribution in [1.82, 2.24) is 0 Å². The van der Waals surface area contributed by atoms with Gasteiger partial charge in [0.2, 0.25) is 0 Å². The Balaban J connectivity index is 2.43. The van der Waals surface area contributed by atoms with E-state index in [9.17, 15) is 0 Å². The van der Waals surface area contributed by atoms with Crippen LogP contribution in [0.1, 0.15) is 11.1 Å².